The molecule has 0 bridgehead atoms. The maximum Gasteiger partial charge on any atom is 0.319 e. The molecular weight excluding hydrogens is 288 g/mol. The fraction of sp³-hybridized carbons (Fsp3) is 0.105. The SMILES string of the molecule is COc1cccc(NC(=O)NCc2ccc3ccccc3c2)c1. The lowest BCUT2D eigenvalue weighted by molar-refractivity contribution is 0.251. The minimum Gasteiger partial charge on any atom is -0.497 e. The van der Waals surface area contributed by atoms with Crippen LogP contribution in [0.5, 0.6) is 5.75 Å². The van der Waals surface area contributed by atoms with Crippen molar-refractivity contribution >= 4 is 22.5 Å². The lowest BCUT2D eigenvalue weighted by Crippen LogP contribution is -2.28. The van der Waals surface area contributed by atoms with Gasteiger partial charge >= 0.3 is 6.03 Å². The van der Waals surface area contributed by atoms with Crippen LogP contribution in [0.2, 0.25) is 0 Å². The molecule has 0 aliphatic rings. The normalized spacial score (nSPS) is 10.3. The molecule has 4 heteroatoms. The zero-order valence-electron chi connectivity index (χ0n) is 12.9. The highest BCUT2D eigenvalue weighted by molar-refractivity contribution is 5.89. The topological polar surface area (TPSA) is 50.4 Å². The van der Waals surface area contributed by atoms with Gasteiger partial charge in [0.25, 0.3) is 0 Å². The number of urea groups is 1. The van der Waals surface area contributed by atoms with Crippen LogP contribution < -0.4 is 15.4 Å². The Morgan fingerprint density at radius 2 is 1.78 bits per heavy atom. The van der Waals surface area contributed by atoms with Crippen LogP contribution in [-0.2, 0) is 6.54 Å². The predicted molar refractivity (Wildman–Crippen MR) is 92.8 cm³/mol. The van der Waals surface area contributed by atoms with Crippen LogP contribution in [0.3, 0.4) is 0 Å². The number of methoxy groups -OCH3 is 1. The molecule has 4 nitrogen and oxygen atoms in total. The minimum absolute atomic E-state index is 0.244. The van der Waals surface area contributed by atoms with Crippen LogP contribution in [0, 0.1) is 0 Å². The van der Waals surface area contributed by atoms with Crippen LogP contribution in [0.4, 0.5) is 10.5 Å². The summed E-state index contributed by atoms with van der Waals surface area (Å²) in [6, 6.07) is 21.3. The van der Waals surface area contributed by atoms with E-state index in [0.29, 0.717) is 18.0 Å². The highest BCUT2D eigenvalue weighted by atomic mass is 16.5. The average Bonchev–Trinajstić information content (AvgIpc) is 2.60. The number of carbonyl (C=O) groups excluding carboxylic acids is 1. The summed E-state index contributed by atoms with van der Waals surface area (Å²) in [5.74, 6) is 0.706. The Labute approximate surface area is 135 Å². The molecule has 0 atom stereocenters. The summed E-state index contributed by atoms with van der Waals surface area (Å²) in [6.07, 6.45) is 0. The third-order valence-electron chi connectivity index (χ3n) is 3.59. The van der Waals surface area contributed by atoms with E-state index in [0.717, 1.165) is 5.56 Å². The second-order valence-corrected chi connectivity index (χ2v) is 5.22. The number of rotatable bonds is 4. The summed E-state index contributed by atoms with van der Waals surface area (Å²) in [7, 11) is 1.60. The number of fused-ring (bicyclic) bond motifs is 1. The van der Waals surface area contributed by atoms with Gasteiger partial charge in [-0.15, -0.1) is 0 Å². The van der Waals surface area contributed by atoms with E-state index in [4.69, 9.17) is 4.74 Å². The molecular formula is C19H18N2O2. The molecule has 23 heavy (non-hydrogen) atoms. The van der Waals surface area contributed by atoms with Gasteiger partial charge in [0.15, 0.2) is 0 Å². The number of ether oxygens (including phenoxy) is 1. The van der Waals surface area contributed by atoms with Gasteiger partial charge in [-0.05, 0) is 34.5 Å². The van der Waals surface area contributed by atoms with E-state index in [1.165, 1.54) is 10.8 Å². The molecule has 0 radical (unpaired) electrons. The average molecular weight is 306 g/mol. The first-order valence-electron chi connectivity index (χ1n) is 7.41. The van der Waals surface area contributed by atoms with Crippen LogP contribution in [0.25, 0.3) is 10.8 Å². The van der Waals surface area contributed by atoms with E-state index in [1.54, 1.807) is 13.2 Å². The highest BCUT2D eigenvalue weighted by Gasteiger charge is 2.03. The summed E-state index contributed by atoms with van der Waals surface area (Å²) < 4.78 is 5.13. The molecule has 0 heterocycles. The van der Waals surface area contributed by atoms with Gasteiger partial charge in [-0.1, -0.05) is 42.5 Å². The third kappa shape index (κ3) is 3.80. The number of amides is 2. The molecule has 3 aromatic carbocycles. The molecule has 0 fully saturated rings. The summed E-state index contributed by atoms with van der Waals surface area (Å²) in [5.41, 5.74) is 1.75. The quantitative estimate of drug-likeness (QED) is 0.760. The molecule has 0 aliphatic heterocycles. The molecule has 0 aromatic heterocycles. The first-order chi connectivity index (χ1) is 11.2. The Kier molecular flexibility index (Phi) is 4.43. The monoisotopic (exact) mass is 306 g/mol. The largest absolute Gasteiger partial charge is 0.497 e. The zero-order valence-corrected chi connectivity index (χ0v) is 12.9. The molecule has 2 N–H and O–H groups in total. The van der Waals surface area contributed by atoms with E-state index in [1.807, 2.05) is 36.4 Å². The first kappa shape index (κ1) is 14.9. The fourth-order valence-corrected chi connectivity index (χ4v) is 2.41. The van der Waals surface area contributed by atoms with Gasteiger partial charge in [0.05, 0.1) is 7.11 Å². The zero-order chi connectivity index (χ0) is 16.1. The molecule has 0 unspecified atom stereocenters. The maximum absolute atomic E-state index is 12.0. The van der Waals surface area contributed by atoms with Gasteiger partial charge in [0.1, 0.15) is 5.75 Å². The van der Waals surface area contributed by atoms with Gasteiger partial charge < -0.3 is 15.4 Å². The Morgan fingerprint density at radius 3 is 2.61 bits per heavy atom. The van der Waals surface area contributed by atoms with Crippen molar-refractivity contribution in [2.45, 2.75) is 6.54 Å². The van der Waals surface area contributed by atoms with Gasteiger partial charge in [0, 0.05) is 18.3 Å². The molecule has 0 saturated heterocycles. The Morgan fingerprint density at radius 1 is 0.957 bits per heavy atom. The Bertz CT molecular complexity index is 830. The van der Waals surface area contributed by atoms with Crippen LogP contribution in [0.15, 0.2) is 66.7 Å². The number of benzene rings is 3. The van der Waals surface area contributed by atoms with Crippen molar-refractivity contribution in [2.75, 3.05) is 12.4 Å². The van der Waals surface area contributed by atoms with Crippen molar-refractivity contribution in [1.29, 1.82) is 0 Å². The van der Waals surface area contributed by atoms with E-state index in [9.17, 15) is 4.79 Å². The van der Waals surface area contributed by atoms with E-state index in [2.05, 4.69) is 34.9 Å². The van der Waals surface area contributed by atoms with E-state index >= 15 is 0 Å². The summed E-state index contributed by atoms with van der Waals surface area (Å²) in [4.78, 5) is 12.0. The highest BCUT2D eigenvalue weighted by Crippen LogP contribution is 2.17. The standard InChI is InChI=1S/C19H18N2O2/c1-23-18-8-4-7-17(12-18)21-19(22)20-13-14-9-10-15-5-2-3-6-16(15)11-14/h2-12H,13H2,1H3,(H2,20,21,22). The van der Waals surface area contributed by atoms with Crippen molar-refractivity contribution < 1.29 is 9.53 Å². The Balaban J connectivity index is 1.61. The van der Waals surface area contributed by atoms with Crippen molar-refractivity contribution in [3.05, 3.63) is 72.3 Å². The molecule has 0 aliphatic carbocycles. The molecule has 116 valence electrons. The van der Waals surface area contributed by atoms with Gasteiger partial charge in [-0.2, -0.15) is 0 Å². The lowest BCUT2D eigenvalue weighted by atomic mass is 10.1. The lowest BCUT2D eigenvalue weighted by Gasteiger charge is -2.09. The van der Waals surface area contributed by atoms with Crippen LogP contribution in [-0.4, -0.2) is 13.1 Å². The van der Waals surface area contributed by atoms with Crippen molar-refractivity contribution in [3.63, 3.8) is 0 Å². The predicted octanol–water partition coefficient (Wildman–Crippen LogP) is 4.17. The van der Waals surface area contributed by atoms with Gasteiger partial charge in [-0.25, -0.2) is 4.79 Å². The molecule has 3 rings (SSSR count). The smallest absolute Gasteiger partial charge is 0.319 e. The third-order valence-corrected chi connectivity index (χ3v) is 3.59. The van der Waals surface area contributed by atoms with Gasteiger partial charge in [-0.3, -0.25) is 0 Å². The fourth-order valence-electron chi connectivity index (χ4n) is 2.41. The molecule has 0 spiro atoms. The number of anilines is 1. The van der Waals surface area contributed by atoms with E-state index < -0.39 is 0 Å². The molecule has 0 saturated carbocycles. The van der Waals surface area contributed by atoms with E-state index in [-0.39, 0.29) is 6.03 Å². The van der Waals surface area contributed by atoms with Crippen molar-refractivity contribution in [3.8, 4) is 5.75 Å². The summed E-state index contributed by atoms with van der Waals surface area (Å²) in [5, 5.41) is 8.01. The maximum atomic E-state index is 12.0. The Hall–Kier alpha value is -3.01. The second kappa shape index (κ2) is 6.83. The minimum atomic E-state index is -0.244. The summed E-state index contributed by atoms with van der Waals surface area (Å²) >= 11 is 0. The first-order valence-corrected chi connectivity index (χ1v) is 7.41. The summed E-state index contributed by atoms with van der Waals surface area (Å²) in [6.45, 7) is 0.473. The molecule has 2 amide bonds. The number of nitrogens with one attached hydrogen (secondary N) is 2. The van der Waals surface area contributed by atoms with Gasteiger partial charge in [0.2, 0.25) is 0 Å². The number of hydrogen-bond acceptors (Lipinski definition) is 2. The van der Waals surface area contributed by atoms with Crippen LogP contribution >= 0.6 is 0 Å². The number of carbonyl (C=O) groups is 1. The molecule has 3 aromatic rings. The van der Waals surface area contributed by atoms with Crippen molar-refractivity contribution in [2.24, 2.45) is 0 Å². The number of hydrogen-bond donors (Lipinski definition) is 2. The van der Waals surface area contributed by atoms with Crippen molar-refractivity contribution in [1.82, 2.24) is 5.32 Å². The second-order valence-electron chi connectivity index (χ2n) is 5.22. The van der Waals surface area contributed by atoms with Crippen LogP contribution in [0.1, 0.15) is 5.56 Å².